The Labute approximate surface area is 219 Å². The number of methoxy groups -OCH3 is 1. The second-order valence-corrected chi connectivity index (χ2v) is 11.1. The van der Waals surface area contributed by atoms with Crippen LogP contribution in [0.5, 0.6) is 5.75 Å². The molecule has 1 N–H and O–H groups in total. The predicted molar refractivity (Wildman–Crippen MR) is 143 cm³/mol. The van der Waals surface area contributed by atoms with Crippen LogP contribution in [-0.2, 0) is 9.59 Å². The SMILES string of the molecule is COc1ccc(N2C(=O)CC(SC(=N)N3N=C(c4cccs4)CC3c3ccc(Br)cc3)C2=O)cc1. The summed E-state index contributed by atoms with van der Waals surface area (Å²) in [5.41, 5.74) is 2.44. The lowest BCUT2D eigenvalue weighted by molar-refractivity contribution is -0.121. The highest BCUT2D eigenvalue weighted by Crippen LogP contribution is 2.38. The highest BCUT2D eigenvalue weighted by Gasteiger charge is 2.42. The number of anilines is 1. The van der Waals surface area contributed by atoms with E-state index in [1.807, 2.05) is 41.8 Å². The van der Waals surface area contributed by atoms with Gasteiger partial charge in [0.05, 0.1) is 29.4 Å². The van der Waals surface area contributed by atoms with Crippen molar-refractivity contribution in [1.82, 2.24) is 5.01 Å². The van der Waals surface area contributed by atoms with Gasteiger partial charge >= 0.3 is 0 Å². The van der Waals surface area contributed by atoms with Crippen molar-refractivity contribution in [1.29, 1.82) is 5.41 Å². The predicted octanol–water partition coefficient (Wildman–Crippen LogP) is 5.67. The molecule has 3 heterocycles. The maximum atomic E-state index is 13.2. The van der Waals surface area contributed by atoms with Gasteiger partial charge in [-0.1, -0.05) is 45.9 Å². The molecule has 0 radical (unpaired) electrons. The monoisotopic (exact) mass is 568 g/mol. The molecule has 2 aromatic carbocycles. The minimum atomic E-state index is -0.677. The zero-order valence-electron chi connectivity index (χ0n) is 18.7. The Morgan fingerprint density at radius 2 is 1.86 bits per heavy atom. The summed E-state index contributed by atoms with van der Waals surface area (Å²) in [6.45, 7) is 0. The van der Waals surface area contributed by atoms with Gasteiger partial charge < -0.3 is 4.74 Å². The number of benzene rings is 2. The van der Waals surface area contributed by atoms with Crippen molar-refractivity contribution in [2.45, 2.75) is 24.1 Å². The first kappa shape index (κ1) is 23.8. The molecule has 0 bridgehead atoms. The number of halogens is 1. The van der Waals surface area contributed by atoms with Gasteiger partial charge in [-0.05, 0) is 53.4 Å². The topological polar surface area (TPSA) is 86.1 Å². The molecule has 178 valence electrons. The number of hydrogen-bond acceptors (Lipinski definition) is 7. The van der Waals surface area contributed by atoms with Gasteiger partial charge in [-0.25, -0.2) is 9.91 Å². The van der Waals surface area contributed by atoms with Crippen molar-refractivity contribution < 1.29 is 14.3 Å². The fourth-order valence-electron chi connectivity index (χ4n) is 4.12. The number of imide groups is 1. The molecule has 35 heavy (non-hydrogen) atoms. The van der Waals surface area contributed by atoms with Crippen LogP contribution in [-0.4, -0.2) is 40.1 Å². The standard InChI is InChI=1S/C25H21BrN4O3S2/c1-33-18-10-8-17(9-11-18)29-23(31)14-22(24(29)32)35-25(27)30-20(15-4-6-16(26)7-5-15)13-19(28-30)21-3-2-12-34-21/h2-12,20,22,27H,13-14H2,1H3. The molecule has 5 rings (SSSR count). The molecule has 7 nitrogen and oxygen atoms in total. The van der Waals surface area contributed by atoms with E-state index in [0.717, 1.165) is 32.4 Å². The number of thioether (sulfide) groups is 1. The Hall–Kier alpha value is -2.95. The molecule has 3 aromatic rings. The van der Waals surface area contributed by atoms with Crippen LogP contribution in [0.4, 0.5) is 5.69 Å². The number of nitrogens with zero attached hydrogens (tertiary/aromatic N) is 3. The van der Waals surface area contributed by atoms with Gasteiger partial charge in [0, 0.05) is 17.3 Å². The smallest absolute Gasteiger partial charge is 0.247 e. The number of rotatable bonds is 5. The van der Waals surface area contributed by atoms with Gasteiger partial charge in [-0.15, -0.1) is 11.3 Å². The van der Waals surface area contributed by atoms with Gasteiger partial charge in [-0.3, -0.25) is 15.0 Å². The van der Waals surface area contributed by atoms with Crippen molar-refractivity contribution in [2.24, 2.45) is 5.10 Å². The number of amidine groups is 1. The molecule has 2 amide bonds. The van der Waals surface area contributed by atoms with Crippen molar-refractivity contribution in [3.8, 4) is 5.75 Å². The molecule has 0 aliphatic carbocycles. The first-order valence-corrected chi connectivity index (χ1v) is 13.4. The maximum absolute atomic E-state index is 13.2. The zero-order valence-corrected chi connectivity index (χ0v) is 21.9. The molecule has 2 aliphatic heterocycles. The van der Waals surface area contributed by atoms with E-state index in [4.69, 9.17) is 15.2 Å². The quantitative estimate of drug-likeness (QED) is 0.243. The molecular weight excluding hydrogens is 548 g/mol. The van der Waals surface area contributed by atoms with Crippen LogP contribution >= 0.6 is 39.0 Å². The molecule has 0 spiro atoms. The lowest BCUT2D eigenvalue weighted by atomic mass is 10.0. The van der Waals surface area contributed by atoms with Crippen LogP contribution in [0.15, 0.2) is 75.6 Å². The van der Waals surface area contributed by atoms with Crippen LogP contribution < -0.4 is 9.64 Å². The van der Waals surface area contributed by atoms with Crippen molar-refractivity contribution in [3.63, 3.8) is 0 Å². The molecule has 1 fully saturated rings. The number of amides is 2. The van der Waals surface area contributed by atoms with Crippen LogP contribution in [0.3, 0.4) is 0 Å². The molecule has 1 saturated heterocycles. The number of carbonyl (C=O) groups is 2. The first-order chi connectivity index (χ1) is 16.9. The first-order valence-electron chi connectivity index (χ1n) is 10.9. The average Bonchev–Trinajstić information content (AvgIpc) is 3.60. The zero-order chi connectivity index (χ0) is 24.5. The Morgan fingerprint density at radius 1 is 1.11 bits per heavy atom. The Morgan fingerprint density at radius 3 is 2.51 bits per heavy atom. The number of hydrogen-bond donors (Lipinski definition) is 1. The Bertz CT molecular complexity index is 1290. The molecule has 10 heteroatoms. The fraction of sp³-hybridized carbons (Fsp3) is 0.200. The molecule has 2 aliphatic rings. The summed E-state index contributed by atoms with van der Waals surface area (Å²) in [6, 6.07) is 18.6. The van der Waals surface area contributed by atoms with Gasteiger partial charge in [-0.2, -0.15) is 5.10 Å². The lowest BCUT2D eigenvalue weighted by Crippen LogP contribution is -2.32. The van der Waals surface area contributed by atoms with E-state index >= 15 is 0 Å². The fourth-order valence-corrected chi connectivity index (χ4v) is 6.08. The van der Waals surface area contributed by atoms with Crippen molar-refractivity contribution in [3.05, 3.63) is 81.0 Å². The maximum Gasteiger partial charge on any atom is 0.247 e. The second kappa shape index (κ2) is 9.96. The average molecular weight is 570 g/mol. The van der Waals surface area contributed by atoms with Crippen LogP contribution in [0.1, 0.15) is 29.3 Å². The van der Waals surface area contributed by atoms with E-state index in [1.165, 1.54) is 4.90 Å². The van der Waals surface area contributed by atoms with Crippen LogP contribution in [0, 0.1) is 5.41 Å². The number of thiophene rings is 1. The summed E-state index contributed by atoms with van der Waals surface area (Å²) < 4.78 is 6.14. The normalized spacial score (nSPS) is 19.9. The van der Waals surface area contributed by atoms with Crippen molar-refractivity contribution in [2.75, 3.05) is 12.0 Å². The summed E-state index contributed by atoms with van der Waals surface area (Å²) in [4.78, 5) is 28.1. The highest BCUT2D eigenvalue weighted by molar-refractivity contribution is 9.10. The summed E-state index contributed by atoms with van der Waals surface area (Å²) in [5, 5.41) is 16.8. The molecular formula is C25H21BrN4O3S2. The highest BCUT2D eigenvalue weighted by atomic mass is 79.9. The minimum Gasteiger partial charge on any atom is -0.497 e. The third kappa shape index (κ3) is 4.78. The third-order valence-corrected chi connectivity index (χ3v) is 8.38. The van der Waals surface area contributed by atoms with Crippen LogP contribution in [0.2, 0.25) is 0 Å². The Balaban J connectivity index is 1.37. The van der Waals surface area contributed by atoms with Gasteiger partial charge in [0.15, 0.2) is 5.17 Å². The number of hydrazone groups is 1. The largest absolute Gasteiger partial charge is 0.497 e. The second-order valence-electron chi connectivity index (χ2n) is 8.02. The van der Waals surface area contributed by atoms with Gasteiger partial charge in [0.2, 0.25) is 11.8 Å². The molecule has 0 saturated carbocycles. The number of ether oxygens (including phenoxy) is 1. The molecule has 1 aromatic heterocycles. The Kier molecular flexibility index (Phi) is 6.77. The van der Waals surface area contributed by atoms with Gasteiger partial charge in [0.25, 0.3) is 0 Å². The van der Waals surface area contributed by atoms with Crippen LogP contribution in [0.25, 0.3) is 0 Å². The molecule has 2 atom stereocenters. The van der Waals surface area contributed by atoms with E-state index in [9.17, 15) is 9.59 Å². The third-order valence-electron chi connectivity index (χ3n) is 5.87. The van der Waals surface area contributed by atoms with E-state index in [2.05, 4.69) is 15.9 Å². The van der Waals surface area contributed by atoms with Crippen molar-refractivity contribution >= 4 is 67.4 Å². The number of carbonyl (C=O) groups excluding carboxylic acids is 2. The summed E-state index contributed by atoms with van der Waals surface area (Å²) in [5.74, 6) is 0.0452. The van der Waals surface area contributed by atoms with E-state index in [-0.39, 0.29) is 29.4 Å². The molecule has 2 unspecified atom stereocenters. The minimum absolute atomic E-state index is 0.0379. The van der Waals surface area contributed by atoms with Gasteiger partial charge in [0.1, 0.15) is 11.0 Å². The van der Waals surface area contributed by atoms with E-state index in [1.54, 1.807) is 47.7 Å². The summed E-state index contributed by atoms with van der Waals surface area (Å²) >= 11 is 6.17. The summed E-state index contributed by atoms with van der Waals surface area (Å²) in [7, 11) is 1.56. The van der Waals surface area contributed by atoms with E-state index < -0.39 is 5.25 Å². The summed E-state index contributed by atoms with van der Waals surface area (Å²) in [6.07, 6.45) is 0.691. The van der Waals surface area contributed by atoms with E-state index in [0.29, 0.717) is 17.9 Å². The number of nitrogens with one attached hydrogen (secondary N) is 1. The lowest BCUT2D eigenvalue weighted by Gasteiger charge is -2.24.